The molecule has 0 aromatic rings. The summed E-state index contributed by atoms with van der Waals surface area (Å²) in [7, 11) is 0. The minimum Gasteiger partial charge on any atom is -0.468 e. The highest BCUT2D eigenvalue weighted by atomic mass is 16.5. The number of Topliss-reactive ketones (excluding diaryl/α,β-unsaturated/α-hetero) is 2. The highest BCUT2D eigenvalue weighted by Gasteiger charge is 2.68. The predicted octanol–water partition coefficient (Wildman–Crippen LogP) is 3.32. The van der Waals surface area contributed by atoms with E-state index in [-0.39, 0.29) is 17.1 Å². The number of rotatable bonds is 4. The van der Waals surface area contributed by atoms with Crippen LogP contribution in [-0.2, 0) is 19.1 Å². The average Bonchev–Trinajstić information content (AvgIpc) is 2.92. The van der Waals surface area contributed by atoms with Crippen molar-refractivity contribution in [2.75, 3.05) is 6.61 Å². The second-order valence-electron chi connectivity index (χ2n) is 10.6. The Morgan fingerprint density at radius 3 is 2.68 bits per heavy atom. The normalized spacial score (nSPS) is 50.3. The Morgan fingerprint density at radius 1 is 1.25 bits per heavy atom. The molecule has 5 nitrogen and oxygen atoms in total. The summed E-state index contributed by atoms with van der Waals surface area (Å²) in [5, 5.41) is 11.4. The topological polar surface area (TPSA) is 80.7 Å². The van der Waals surface area contributed by atoms with Crippen LogP contribution in [0.4, 0.5) is 0 Å². The summed E-state index contributed by atoms with van der Waals surface area (Å²) in [5.74, 6) is 1.90. The molecule has 156 valence electrons. The van der Waals surface area contributed by atoms with Gasteiger partial charge in [0.1, 0.15) is 11.4 Å². The van der Waals surface area contributed by atoms with Gasteiger partial charge in [-0.25, -0.2) is 0 Å². The van der Waals surface area contributed by atoms with E-state index in [1.807, 2.05) is 0 Å². The molecule has 0 aliphatic heterocycles. The van der Waals surface area contributed by atoms with E-state index in [2.05, 4.69) is 13.8 Å². The van der Waals surface area contributed by atoms with Gasteiger partial charge in [-0.2, -0.15) is 0 Å². The quantitative estimate of drug-likeness (QED) is 0.745. The lowest BCUT2D eigenvalue weighted by Crippen LogP contribution is -2.61. The second kappa shape index (κ2) is 6.65. The SMILES string of the molecule is CC(=O)[C@@]1(O)CCC2C3CC[C@@H]4CC(=O)CC[C@]4(C)C3C(COC=O)C[C@@]21C. The molecule has 0 spiro atoms. The van der Waals surface area contributed by atoms with Crippen LogP contribution in [0.25, 0.3) is 0 Å². The molecule has 5 heteroatoms. The summed E-state index contributed by atoms with van der Waals surface area (Å²) < 4.78 is 5.28. The van der Waals surface area contributed by atoms with Gasteiger partial charge < -0.3 is 9.84 Å². The summed E-state index contributed by atoms with van der Waals surface area (Å²) in [6.45, 7) is 6.82. The van der Waals surface area contributed by atoms with Crippen LogP contribution in [0.2, 0.25) is 0 Å². The van der Waals surface area contributed by atoms with Crippen molar-refractivity contribution in [1.82, 2.24) is 0 Å². The number of ether oxygens (including phenoxy) is 1. The number of aliphatic hydroxyl groups is 1. The summed E-state index contributed by atoms with van der Waals surface area (Å²) >= 11 is 0. The van der Waals surface area contributed by atoms with Crippen LogP contribution in [-0.4, -0.2) is 35.4 Å². The van der Waals surface area contributed by atoms with Gasteiger partial charge in [-0.1, -0.05) is 13.8 Å². The van der Waals surface area contributed by atoms with Crippen LogP contribution in [0.15, 0.2) is 0 Å². The van der Waals surface area contributed by atoms with Crippen molar-refractivity contribution in [2.45, 2.75) is 77.7 Å². The van der Waals surface area contributed by atoms with E-state index in [1.54, 1.807) is 0 Å². The minimum absolute atomic E-state index is 0.0754. The second-order valence-corrected chi connectivity index (χ2v) is 10.6. The summed E-state index contributed by atoms with van der Waals surface area (Å²) in [4.78, 5) is 35.6. The molecule has 0 heterocycles. The molecule has 4 aliphatic rings. The molecular formula is C23H34O5. The summed E-state index contributed by atoms with van der Waals surface area (Å²) in [6.07, 6.45) is 6.47. The first-order chi connectivity index (χ1) is 13.2. The lowest BCUT2D eigenvalue weighted by Gasteiger charge is -2.63. The lowest BCUT2D eigenvalue weighted by molar-refractivity contribution is -0.189. The van der Waals surface area contributed by atoms with E-state index in [9.17, 15) is 19.5 Å². The summed E-state index contributed by atoms with van der Waals surface area (Å²) in [6, 6.07) is 0. The molecule has 4 fully saturated rings. The molecule has 4 saturated carbocycles. The van der Waals surface area contributed by atoms with Crippen molar-refractivity contribution < 1.29 is 24.2 Å². The Labute approximate surface area is 167 Å². The first-order valence-corrected chi connectivity index (χ1v) is 11.0. The zero-order chi connectivity index (χ0) is 20.3. The molecule has 4 aliphatic carbocycles. The highest BCUT2D eigenvalue weighted by Crippen LogP contribution is 2.69. The first kappa shape index (κ1) is 20.1. The molecular weight excluding hydrogens is 356 g/mol. The van der Waals surface area contributed by atoms with Gasteiger partial charge in [0.15, 0.2) is 5.78 Å². The molecule has 0 bridgehead atoms. The summed E-state index contributed by atoms with van der Waals surface area (Å²) in [5.41, 5.74) is -1.67. The van der Waals surface area contributed by atoms with Crippen molar-refractivity contribution in [3.63, 3.8) is 0 Å². The van der Waals surface area contributed by atoms with Crippen molar-refractivity contribution in [3.8, 4) is 0 Å². The maximum atomic E-state index is 12.5. The van der Waals surface area contributed by atoms with Gasteiger partial charge in [0.05, 0.1) is 6.61 Å². The lowest BCUT2D eigenvalue weighted by atomic mass is 9.42. The highest BCUT2D eigenvalue weighted by molar-refractivity contribution is 5.86. The number of hydrogen-bond donors (Lipinski definition) is 1. The maximum Gasteiger partial charge on any atom is 0.293 e. The Morgan fingerprint density at radius 2 is 2.00 bits per heavy atom. The van der Waals surface area contributed by atoms with Gasteiger partial charge in [0.2, 0.25) is 0 Å². The molecule has 8 atom stereocenters. The first-order valence-electron chi connectivity index (χ1n) is 11.0. The Kier molecular flexibility index (Phi) is 4.76. The molecule has 0 saturated heterocycles. The van der Waals surface area contributed by atoms with Crippen molar-refractivity contribution >= 4 is 18.0 Å². The van der Waals surface area contributed by atoms with Crippen LogP contribution >= 0.6 is 0 Å². The Bertz CT molecular complexity index is 688. The fourth-order valence-corrected chi connectivity index (χ4v) is 8.35. The van der Waals surface area contributed by atoms with E-state index >= 15 is 0 Å². The fourth-order valence-electron chi connectivity index (χ4n) is 8.35. The molecule has 0 aromatic carbocycles. The van der Waals surface area contributed by atoms with E-state index < -0.39 is 11.0 Å². The number of ketones is 2. The predicted molar refractivity (Wildman–Crippen MR) is 103 cm³/mol. The van der Waals surface area contributed by atoms with Gasteiger partial charge >= 0.3 is 0 Å². The van der Waals surface area contributed by atoms with Crippen LogP contribution in [0.3, 0.4) is 0 Å². The van der Waals surface area contributed by atoms with E-state index in [0.717, 1.165) is 25.7 Å². The molecule has 4 unspecified atom stereocenters. The smallest absolute Gasteiger partial charge is 0.293 e. The van der Waals surface area contributed by atoms with E-state index in [4.69, 9.17) is 4.74 Å². The van der Waals surface area contributed by atoms with Crippen LogP contribution in [0.5, 0.6) is 0 Å². The minimum atomic E-state index is -1.28. The third-order valence-electron chi connectivity index (χ3n) is 9.67. The fraction of sp³-hybridized carbons (Fsp3) is 0.870. The van der Waals surface area contributed by atoms with Crippen LogP contribution in [0.1, 0.15) is 72.1 Å². The van der Waals surface area contributed by atoms with Gasteiger partial charge in [0, 0.05) is 18.3 Å². The van der Waals surface area contributed by atoms with Crippen LogP contribution in [0, 0.1) is 40.4 Å². The monoisotopic (exact) mass is 390 g/mol. The number of fused-ring (bicyclic) bond motifs is 5. The Balaban J connectivity index is 1.74. The van der Waals surface area contributed by atoms with Gasteiger partial charge in [-0.05, 0) is 80.5 Å². The zero-order valence-electron chi connectivity index (χ0n) is 17.4. The third kappa shape index (κ3) is 2.57. The number of hydrogen-bond acceptors (Lipinski definition) is 5. The molecule has 0 amide bonds. The van der Waals surface area contributed by atoms with Gasteiger partial charge in [-0.3, -0.25) is 14.4 Å². The van der Waals surface area contributed by atoms with Crippen molar-refractivity contribution in [2.24, 2.45) is 40.4 Å². The maximum absolute atomic E-state index is 12.5. The number of carbonyl (C=O) groups excluding carboxylic acids is 3. The van der Waals surface area contributed by atoms with E-state index in [1.165, 1.54) is 6.92 Å². The van der Waals surface area contributed by atoms with Crippen molar-refractivity contribution in [3.05, 3.63) is 0 Å². The molecule has 0 aromatic heterocycles. The Hall–Kier alpha value is -1.23. The van der Waals surface area contributed by atoms with E-state index in [0.29, 0.717) is 68.2 Å². The number of carbonyl (C=O) groups is 3. The van der Waals surface area contributed by atoms with Gasteiger partial charge in [0.25, 0.3) is 6.47 Å². The molecule has 28 heavy (non-hydrogen) atoms. The molecule has 0 radical (unpaired) electrons. The largest absolute Gasteiger partial charge is 0.468 e. The molecule has 1 N–H and O–H groups in total. The molecule has 4 rings (SSSR count). The van der Waals surface area contributed by atoms with Crippen LogP contribution < -0.4 is 0 Å². The van der Waals surface area contributed by atoms with Crippen molar-refractivity contribution in [1.29, 1.82) is 0 Å². The third-order valence-corrected chi connectivity index (χ3v) is 9.67. The zero-order valence-corrected chi connectivity index (χ0v) is 17.4. The standard InChI is InChI=1S/C23H34O5/c1-14(25)23(27)9-7-19-18-5-4-16-10-17(26)6-8-21(16,2)20(18)15(12-28-13-24)11-22(19,23)3/h13,15-16,18-20,27H,4-12H2,1-3H3/t15?,16-,18?,19?,20?,21+,22+,23+/m1/s1. The average molecular weight is 391 g/mol. The van der Waals surface area contributed by atoms with Gasteiger partial charge in [-0.15, -0.1) is 0 Å².